The fourth-order valence-electron chi connectivity index (χ4n) is 2.62. The molecule has 0 saturated heterocycles. The van der Waals surface area contributed by atoms with E-state index in [2.05, 4.69) is 0 Å². The number of hydrogen-bond donors (Lipinski definition) is 0. The van der Waals surface area contributed by atoms with E-state index in [9.17, 15) is 9.36 Å². The molecule has 142 valence electrons. The van der Waals surface area contributed by atoms with Crippen molar-refractivity contribution in [3.63, 3.8) is 0 Å². The number of hydrogen-bond acceptors (Lipinski definition) is 6. The normalized spacial score (nSPS) is 14.1. The first kappa shape index (κ1) is 21.8. The van der Waals surface area contributed by atoms with E-state index in [0.717, 1.165) is 25.0 Å². The Bertz CT molecular complexity index is 563. The van der Waals surface area contributed by atoms with Crippen molar-refractivity contribution in [3.8, 4) is 5.75 Å². The number of benzene rings is 1. The third kappa shape index (κ3) is 6.90. The summed E-state index contributed by atoms with van der Waals surface area (Å²) in [5.74, 6) is 0.279. The van der Waals surface area contributed by atoms with Crippen molar-refractivity contribution in [3.05, 3.63) is 29.8 Å². The molecule has 0 fully saturated rings. The predicted molar refractivity (Wildman–Crippen MR) is 97.4 cm³/mol. The Kier molecular flexibility index (Phi) is 9.36. The highest BCUT2D eigenvalue weighted by molar-refractivity contribution is 7.54. The number of ketones is 1. The van der Waals surface area contributed by atoms with Crippen molar-refractivity contribution in [2.45, 2.75) is 32.3 Å². The quantitative estimate of drug-likeness (QED) is 0.521. The van der Waals surface area contributed by atoms with E-state index >= 15 is 0 Å². The lowest BCUT2D eigenvalue weighted by atomic mass is 9.95. The van der Waals surface area contributed by atoms with Gasteiger partial charge in [-0.3, -0.25) is 9.36 Å². The molecule has 1 aromatic rings. The number of ether oxygens (including phenoxy) is 2. The smallest absolute Gasteiger partial charge is 0.337 e. The van der Waals surface area contributed by atoms with Gasteiger partial charge < -0.3 is 18.5 Å². The van der Waals surface area contributed by atoms with Crippen molar-refractivity contribution < 1.29 is 27.9 Å². The average molecular weight is 372 g/mol. The molecule has 2 atom stereocenters. The number of rotatable bonds is 12. The van der Waals surface area contributed by atoms with E-state index in [1.165, 1.54) is 19.8 Å². The van der Waals surface area contributed by atoms with Gasteiger partial charge in [-0.25, -0.2) is 0 Å². The maximum Gasteiger partial charge on any atom is 0.337 e. The van der Waals surface area contributed by atoms with Gasteiger partial charge in [-0.15, -0.1) is 0 Å². The first-order chi connectivity index (χ1) is 11.9. The Morgan fingerprint density at radius 2 is 1.68 bits per heavy atom. The van der Waals surface area contributed by atoms with Crippen LogP contribution in [0.15, 0.2) is 24.3 Å². The number of Topliss-reactive ketones (excluding diaryl/α,β-unsaturated/α-hetero) is 1. The second-order valence-electron chi connectivity index (χ2n) is 5.90. The van der Waals surface area contributed by atoms with Crippen LogP contribution in [0.2, 0.25) is 0 Å². The van der Waals surface area contributed by atoms with Gasteiger partial charge in [0.05, 0.1) is 13.2 Å². The molecule has 25 heavy (non-hydrogen) atoms. The minimum Gasteiger partial charge on any atom is -0.497 e. The molecule has 7 heteroatoms. The van der Waals surface area contributed by atoms with Gasteiger partial charge in [0.2, 0.25) is 0 Å². The Labute approximate surface area is 150 Å². The van der Waals surface area contributed by atoms with Gasteiger partial charge in [-0.1, -0.05) is 19.1 Å². The van der Waals surface area contributed by atoms with Crippen LogP contribution >= 0.6 is 7.60 Å². The first-order valence-corrected chi connectivity index (χ1v) is 10.0. The molecule has 1 aromatic carbocycles. The van der Waals surface area contributed by atoms with Crippen molar-refractivity contribution >= 4 is 13.4 Å². The van der Waals surface area contributed by atoms with E-state index < -0.39 is 7.60 Å². The molecule has 0 heterocycles. The van der Waals surface area contributed by atoms with Crippen LogP contribution in [-0.2, 0) is 29.6 Å². The van der Waals surface area contributed by atoms with Gasteiger partial charge in [0.15, 0.2) is 0 Å². The second-order valence-corrected chi connectivity index (χ2v) is 8.17. The van der Waals surface area contributed by atoms with Crippen molar-refractivity contribution in [1.29, 1.82) is 0 Å². The summed E-state index contributed by atoms with van der Waals surface area (Å²) in [5, 5.41) is 0. The lowest BCUT2D eigenvalue weighted by Gasteiger charge is -2.23. The molecule has 0 unspecified atom stereocenters. The average Bonchev–Trinajstić information content (AvgIpc) is 2.65. The van der Waals surface area contributed by atoms with E-state index in [1.54, 1.807) is 21.1 Å². The van der Waals surface area contributed by atoms with Gasteiger partial charge in [-0.2, -0.15) is 0 Å². The third-order valence-corrected chi connectivity index (χ3v) is 6.20. The molecule has 0 radical (unpaired) electrons. The maximum absolute atomic E-state index is 12.4. The van der Waals surface area contributed by atoms with Crippen molar-refractivity contribution in [1.82, 2.24) is 0 Å². The number of carbonyl (C=O) groups is 1. The van der Waals surface area contributed by atoms with Gasteiger partial charge in [-0.05, 0) is 37.0 Å². The van der Waals surface area contributed by atoms with E-state index in [-0.39, 0.29) is 24.0 Å². The highest BCUT2D eigenvalue weighted by Gasteiger charge is 2.31. The van der Waals surface area contributed by atoms with Crippen LogP contribution < -0.4 is 4.74 Å². The molecule has 0 aliphatic rings. The van der Waals surface area contributed by atoms with Gasteiger partial charge >= 0.3 is 7.60 Å². The van der Waals surface area contributed by atoms with Crippen LogP contribution in [0.4, 0.5) is 0 Å². The molecule has 0 aliphatic carbocycles. The number of carbonyl (C=O) groups excluding carboxylic acids is 1. The maximum atomic E-state index is 12.4. The monoisotopic (exact) mass is 372 g/mol. The molecule has 0 saturated carbocycles. The molecular formula is C18H29O6P. The second kappa shape index (κ2) is 10.7. The Morgan fingerprint density at radius 3 is 2.16 bits per heavy atom. The highest BCUT2D eigenvalue weighted by Crippen LogP contribution is 2.46. The van der Waals surface area contributed by atoms with E-state index in [4.69, 9.17) is 18.5 Å². The van der Waals surface area contributed by atoms with Crippen LogP contribution in [0, 0.1) is 5.92 Å². The fraction of sp³-hybridized carbons (Fsp3) is 0.611. The topological polar surface area (TPSA) is 71.1 Å². The van der Waals surface area contributed by atoms with Crippen LogP contribution in [0.3, 0.4) is 0 Å². The van der Waals surface area contributed by atoms with Gasteiger partial charge in [0.25, 0.3) is 0 Å². The molecule has 0 aliphatic heterocycles. The minimum absolute atomic E-state index is 0.177. The minimum atomic E-state index is -3.34. The summed E-state index contributed by atoms with van der Waals surface area (Å²) in [6.07, 6.45) is 2.04. The summed E-state index contributed by atoms with van der Waals surface area (Å²) < 4.78 is 32.4. The molecule has 0 spiro atoms. The SMILES string of the molecule is COc1ccc(CCC[C@H](OC)[C@H](C)C(=O)CP(=O)(OC)OC)cc1. The zero-order valence-corrected chi connectivity index (χ0v) is 16.6. The lowest BCUT2D eigenvalue weighted by Crippen LogP contribution is -2.30. The summed E-state index contributed by atoms with van der Waals surface area (Å²) in [6, 6.07) is 7.93. The summed E-state index contributed by atoms with van der Waals surface area (Å²) in [6.45, 7) is 1.79. The first-order valence-electron chi connectivity index (χ1n) is 8.28. The van der Waals surface area contributed by atoms with Crippen molar-refractivity contribution in [2.24, 2.45) is 5.92 Å². The fourth-order valence-corrected chi connectivity index (χ4v) is 3.69. The Morgan fingerprint density at radius 1 is 1.08 bits per heavy atom. The van der Waals surface area contributed by atoms with Crippen LogP contribution in [0.1, 0.15) is 25.3 Å². The zero-order valence-electron chi connectivity index (χ0n) is 15.7. The molecule has 0 aromatic heterocycles. The molecule has 0 bridgehead atoms. The van der Waals surface area contributed by atoms with E-state index in [0.29, 0.717) is 0 Å². The van der Waals surface area contributed by atoms with Crippen molar-refractivity contribution in [2.75, 3.05) is 34.6 Å². The molecule has 6 nitrogen and oxygen atoms in total. The third-order valence-electron chi connectivity index (χ3n) is 4.39. The predicted octanol–water partition coefficient (Wildman–Crippen LogP) is 3.72. The Balaban J connectivity index is 2.53. The van der Waals surface area contributed by atoms with Gasteiger partial charge in [0, 0.05) is 27.2 Å². The van der Waals surface area contributed by atoms with Crippen LogP contribution in [-0.4, -0.2) is 46.5 Å². The summed E-state index contributed by atoms with van der Waals surface area (Å²) in [7, 11) is 2.46. The number of methoxy groups -OCH3 is 2. The standard InChI is InChI=1S/C18H29O6P/c1-14(17(19)13-25(20,23-4)24-5)18(22-3)8-6-7-15-9-11-16(21-2)12-10-15/h9-12,14,18H,6-8,13H2,1-5H3/t14-,18+/m1/s1. The lowest BCUT2D eigenvalue weighted by molar-refractivity contribution is -0.124. The zero-order chi connectivity index (χ0) is 18.9. The van der Waals surface area contributed by atoms with E-state index in [1.807, 2.05) is 24.3 Å². The van der Waals surface area contributed by atoms with Crippen LogP contribution in [0.5, 0.6) is 5.75 Å². The molecule has 0 amide bonds. The largest absolute Gasteiger partial charge is 0.497 e. The molecule has 0 N–H and O–H groups in total. The Hall–Kier alpha value is -1.20. The highest BCUT2D eigenvalue weighted by atomic mass is 31.2. The number of aryl methyl sites for hydroxylation is 1. The summed E-state index contributed by atoms with van der Waals surface area (Å²) in [4.78, 5) is 12.4. The molecular weight excluding hydrogens is 343 g/mol. The molecule has 1 rings (SSSR count). The summed E-state index contributed by atoms with van der Waals surface area (Å²) >= 11 is 0. The van der Waals surface area contributed by atoms with Gasteiger partial charge in [0.1, 0.15) is 17.7 Å². The van der Waals surface area contributed by atoms with Crippen LogP contribution in [0.25, 0.3) is 0 Å². The summed E-state index contributed by atoms with van der Waals surface area (Å²) in [5.41, 5.74) is 1.21.